The Labute approximate surface area is 123 Å². The molecule has 21 heavy (non-hydrogen) atoms. The fourth-order valence-corrected chi connectivity index (χ4v) is 3.33. The van der Waals surface area contributed by atoms with Crippen LogP contribution in [0.5, 0.6) is 0 Å². The molecule has 0 unspecified atom stereocenters. The molecule has 0 aromatic carbocycles. The molecule has 1 aliphatic carbocycles. The van der Waals surface area contributed by atoms with Gasteiger partial charge in [0, 0.05) is 6.20 Å². The lowest BCUT2D eigenvalue weighted by Crippen LogP contribution is -2.51. The molecule has 3 rings (SSSR count). The van der Waals surface area contributed by atoms with Crippen LogP contribution in [0.3, 0.4) is 0 Å². The van der Waals surface area contributed by atoms with Gasteiger partial charge in [0.1, 0.15) is 11.2 Å². The fourth-order valence-electron chi connectivity index (χ4n) is 3.33. The number of nitrogens with zero attached hydrogens (tertiary/aromatic N) is 3. The number of nitriles is 1. The molecule has 0 atom stereocenters. The van der Waals surface area contributed by atoms with Gasteiger partial charge in [0.2, 0.25) is 0 Å². The van der Waals surface area contributed by atoms with Crippen molar-refractivity contribution < 1.29 is 9.59 Å². The zero-order chi connectivity index (χ0) is 14.9. The van der Waals surface area contributed by atoms with Gasteiger partial charge in [-0.1, -0.05) is 32.1 Å². The summed E-state index contributed by atoms with van der Waals surface area (Å²) in [5.41, 5.74) is -0.506. The average molecular weight is 283 g/mol. The lowest BCUT2D eigenvalue weighted by Gasteiger charge is -2.35. The van der Waals surface area contributed by atoms with Crippen molar-refractivity contribution in [3.8, 4) is 6.07 Å². The maximum atomic E-state index is 12.6. The van der Waals surface area contributed by atoms with Crippen molar-refractivity contribution in [3.05, 3.63) is 29.6 Å². The van der Waals surface area contributed by atoms with Crippen LogP contribution >= 0.6 is 0 Å². The first-order chi connectivity index (χ1) is 10.2. The van der Waals surface area contributed by atoms with Crippen LogP contribution in [0, 0.1) is 11.3 Å². The highest BCUT2D eigenvalue weighted by molar-refractivity contribution is 6.21. The summed E-state index contributed by atoms with van der Waals surface area (Å²) < 4.78 is 0. The van der Waals surface area contributed by atoms with Crippen LogP contribution in [0.4, 0.5) is 0 Å². The molecule has 1 aliphatic heterocycles. The van der Waals surface area contributed by atoms with Crippen molar-refractivity contribution in [2.75, 3.05) is 0 Å². The van der Waals surface area contributed by atoms with E-state index in [0.29, 0.717) is 18.4 Å². The molecule has 0 saturated heterocycles. The topological polar surface area (TPSA) is 74.1 Å². The smallest absolute Gasteiger partial charge is 0.268 e. The van der Waals surface area contributed by atoms with Crippen LogP contribution in [0.15, 0.2) is 18.3 Å². The number of hydrogen-bond donors (Lipinski definition) is 0. The highest BCUT2D eigenvalue weighted by Crippen LogP contribution is 2.36. The number of pyridine rings is 1. The number of imide groups is 1. The number of aromatic nitrogens is 1. The van der Waals surface area contributed by atoms with E-state index >= 15 is 0 Å². The summed E-state index contributed by atoms with van der Waals surface area (Å²) in [4.78, 5) is 30.3. The van der Waals surface area contributed by atoms with Crippen molar-refractivity contribution >= 4 is 11.8 Å². The Morgan fingerprint density at radius 2 is 1.76 bits per heavy atom. The van der Waals surface area contributed by atoms with Crippen molar-refractivity contribution in [1.82, 2.24) is 9.88 Å². The summed E-state index contributed by atoms with van der Waals surface area (Å²) in [6.45, 7) is 0. The van der Waals surface area contributed by atoms with Crippen molar-refractivity contribution in [2.24, 2.45) is 0 Å². The molecular formula is C16H17N3O2. The van der Waals surface area contributed by atoms with Gasteiger partial charge in [0.15, 0.2) is 0 Å². The van der Waals surface area contributed by atoms with Crippen LogP contribution in [0.2, 0.25) is 0 Å². The van der Waals surface area contributed by atoms with Gasteiger partial charge in [0.25, 0.3) is 11.8 Å². The molecule has 1 aromatic heterocycles. The Hall–Kier alpha value is -2.22. The Balaban J connectivity index is 2.01. The summed E-state index contributed by atoms with van der Waals surface area (Å²) in [5, 5.41) is 9.72. The van der Waals surface area contributed by atoms with Gasteiger partial charge in [-0.15, -0.1) is 0 Å². The van der Waals surface area contributed by atoms with E-state index < -0.39 is 11.4 Å². The zero-order valence-electron chi connectivity index (χ0n) is 11.8. The van der Waals surface area contributed by atoms with Gasteiger partial charge in [0.05, 0.1) is 11.6 Å². The third-order valence-electron chi connectivity index (χ3n) is 4.46. The van der Waals surface area contributed by atoms with Gasteiger partial charge in [-0.05, 0) is 25.0 Å². The largest absolute Gasteiger partial charge is 0.281 e. The Bertz CT molecular complexity index is 590. The lowest BCUT2D eigenvalue weighted by molar-refractivity contribution is 0.0464. The summed E-state index contributed by atoms with van der Waals surface area (Å²) >= 11 is 0. The Kier molecular flexibility index (Phi) is 3.46. The predicted molar refractivity (Wildman–Crippen MR) is 75.4 cm³/mol. The van der Waals surface area contributed by atoms with Crippen LogP contribution in [0.1, 0.15) is 65.8 Å². The molecule has 5 nitrogen and oxygen atoms in total. The summed E-state index contributed by atoms with van der Waals surface area (Å²) in [6.07, 6.45) is 7.62. The molecule has 2 aliphatic rings. The molecule has 2 heterocycles. The molecule has 5 heteroatoms. The first-order valence-electron chi connectivity index (χ1n) is 7.45. The van der Waals surface area contributed by atoms with Gasteiger partial charge >= 0.3 is 0 Å². The van der Waals surface area contributed by atoms with Crippen LogP contribution < -0.4 is 0 Å². The molecule has 1 aromatic rings. The molecule has 2 amide bonds. The number of rotatable bonds is 1. The SMILES string of the molecule is N#CC1(N2C(=O)c3cccnc3C2=O)CCCCCCC1. The molecule has 0 radical (unpaired) electrons. The van der Waals surface area contributed by atoms with E-state index in [1.165, 1.54) is 11.1 Å². The summed E-state index contributed by atoms with van der Waals surface area (Å²) in [7, 11) is 0. The highest BCUT2D eigenvalue weighted by atomic mass is 16.2. The van der Waals surface area contributed by atoms with E-state index in [0.717, 1.165) is 32.1 Å². The van der Waals surface area contributed by atoms with Crippen molar-refractivity contribution in [2.45, 2.75) is 50.5 Å². The van der Waals surface area contributed by atoms with Gasteiger partial charge < -0.3 is 0 Å². The van der Waals surface area contributed by atoms with E-state index in [-0.39, 0.29) is 11.6 Å². The van der Waals surface area contributed by atoms with Crippen molar-refractivity contribution in [3.63, 3.8) is 0 Å². The lowest BCUT2D eigenvalue weighted by atomic mass is 9.83. The number of fused-ring (bicyclic) bond motifs is 1. The normalized spacial score (nSPS) is 21.4. The van der Waals surface area contributed by atoms with Gasteiger partial charge in [-0.2, -0.15) is 5.26 Å². The first kappa shape index (κ1) is 13.7. The quantitative estimate of drug-likeness (QED) is 0.743. The maximum Gasteiger partial charge on any atom is 0.281 e. The Morgan fingerprint density at radius 3 is 2.38 bits per heavy atom. The van der Waals surface area contributed by atoms with E-state index in [1.807, 2.05) is 0 Å². The van der Waals surface area contributed by atoms with Crippen LogP contribution in [-0.4, -0.2) is 27.2 Å². The standard InChI is InChI=1S/C16H17N3O2/c17-11-16(8-4-2-1-3-5-9-16)19-14(20)12-7-6-10-18-13(12)15(19)21/h6-7,10H,1-5,8-9H2. The molecular weight excluding hydrogens is 266 g/mol. The Morgan fingerprint density at radius 1 is 1.10 bits per heavy atom. The number of hydrogen-bond acceptors (Lipinski definition) is 4. The third kappa shape index (κ3) is 2.11. The minimum atomic E-state index is -1.00. The van der Waals surface area contributed by atoms with E-state index in [1.54, 1.807) is 12.1 Å². The predicted octanol–water partition coefficient (Wildman–Crippen LogP) is 2.68. The molecule has 0 spiro atoms. The van der Waals surface area contributed by atoms with Crippen LogP contribution in [-0.2, 0) is 0 Å². The zero-order valence-corrected chi connectivity index (χ0v) is 11.8. The number of amides is 2. The molecule has 1 fully saturated rings. The minimum absolute atomic E-state index is 0.180. The third-order valence-corrected chi connectivity index (χ3v) is 4.46. The summed E-state index contributed by atoms with van der Waals surface area (Å²) in [5.74, 6) is -0.789. The second-order valence-electron chi connectivity index (χ2n) is 5.76. The fraction of sp³-hybridized carbons (Fsp3) is 0.500. The molecule has 0 N–H and O–H groups in total. The highest BCUT2D eigenvalue weighted by Gasteiger charge is 2.49. The number of carbonyl (C=O) groups is 2. The van der Waals surface area contributed by atoms with Gasteiger partial charge in [-0.25, -0.2) is 0 Å². The molecule has 0 bridgehead atoms. The summed E-state index contributed by atoms with van der Waals surface area (Å²) in [6, 6.07) is 5.53. The maximum absolute atomic E-state index is 12.6. The van der Waals surface area contributed by atoms with Crippen molar-refractivity contribution in [1.29, 1.82) is 5.26 Å². The second kappa shape index (κ2) is 5.28. The van der Waals surface area contributed by atoms with E-state index in [4.69, 9.17) is 0 Å². The molecule has 1 saturated carbocycles. The second-order valence-corrected chi connectivity index (χ2v) is 5.76. The minimum Gasteiger partial charge on any atom is -0.268 e. The number of carbonyl (C=O) groups excluding carboxylic acids is 2. The molecule has 108 valence electrons. The first-order valence-corrected chi connectivity index (χ1v) is 7.45. The van der Waals surface area contributed by atoms with E-state index in [9.17, 15) is 14.9 Å². The van der Waals surface area contributed by atoms with Gasteiger partial charge in [-0.3, -0.25) is 19.5 Å². The van der Waals surface area contributed by atoms with E-state index in [2.05, 4.69) is 11.1 Å². The average Bonchev–Trinajstić information content (AvgIpc) is 2.73. The monoisotopic (exact) mass is 283 g/mol. The van der Waals surface area contributed by atoms with Crippen LogP contribution in [0.25, 0.3) is 0 Å².